The van der Waals surface area contributed by atoms with Gasteiger partial charge in [0.05, 0.1) is 11.5 Å². The average Bonchev–Trinajstić information content (AvgIpc) is 3.65. The van der Waals surface area contributed by atoms with E-state index in [2.05, 4.69) is 20.0 Å². The van der Waals surface area contributed by atoms with Crippen LogP contribution in [0.15, 0.2) is 84.1 Å². The maximum absolute atomic E-state index is 12.8. The Labute approximate surface area is 196 Å². The highest BCUT2D eigenvalue weighted by molar-refractivity contribution is 7.92. The van der Waals surface area contributed by atoms with Crippen molar-refractivity contribution in [3.63, 3.8) is 0 Å². The Morgan fingerprint density at radius 1 is 1.06 bits per heavy atom. The van der Waals surface area contributed by atoms with Crippen LogP contribution in [0.5, 0.6) is 0 Å². The van der Waals surface area contributed by atoms with Crippen molar-refractivity contribution in [1.29, 1.82) is 0 Å². The summed E-state index contributed by atoms with van der Waals surface area (Å²) < 4.78 is 27.6. The third-order valence-electron chi connectivity index (χ3n) is 5.93. The number of aliphatic hydroxyl groups excluding tert-OH is 1. The fraction of sp³-hybridized carbons (Fsp3) is 0.160. The fourth-order valence-electron chi connectivity index (χ4n) is 4.03. The van der Waals surface area contributed by atoms with Gasteiger partial charge in [-0.15, -0.1) is 0 Å². The minimum Gasteiger partial charge on any atom is -0.392 e. The number of carbonyl (C=O) groups excluding carboxylic acids is 1. The van der Waals surface area contributed by atoms with Gasteiger partial charge in [0.15, 0.2) is 0 Å². The molecule has 3 N–H and O–H groups in total. The third kappa shape index (κ3) is 4.48. The SMILES string of the molecule is O=C(Nc1ccc2cncc(CO)c2c1)[C@@H]1CC1c1ccc(S(=O)(=O)Nc2ccccn2)cc1. The second-order valence-corrected chi connectivity index (χ2v) is 9.90. The summed E-state index contributed by atoms with van der Waals surface area (Å²) in [5.74, 6) is 0.0248. The van der Waals surface area contributed by atoms with Gasteiger partial charge < -0.3 is 10.4 Å². The Morgan fingerprint density at radius 3 is 2.62 bits per heavy atom. The van der Waals surface area contributed by atoms with Crippen molar-refractivity contribution in [2.75, 3.05) is 10.0 Å². The molecule has 9 heteroatoms. The van der Waals surface area contributed by atoms with Gasteiger partial charge in [-0.1, -0.05) is 24.3 Å². The van der Waals surface area contributed by atoms with Gasteiger partial charge in [-0.2, -0.15) is 0 Å². The lowest BCUT2D eigenvalue weighted by Gasteiger charge is -2.09. The lowest BCUT2D eigenvalue weighted by Crippen LogP contribution is -2.15. The second-order valence-electron chi connectivity index (χ2n) is 8.22. The molecule has 172 valence electrons. The molecule has 1 amide bonds. The standard InChI is InChI=1S/C25H22N4O4S/c30-15-18-14-26-13-17-4-7-19(11-21(17)18)28-25(31)23-12-22(23)16-5-8-20(9-6-16)34(32,33)29-24-3-1-2-10-27-24/h1-11,13-14,22-23,30H,12,15H2,(H,27,29)(H,28,31)/t22?,23-/m1/s1. The minimum absolute atomic E-state index is 0.0400. The molecule has 2 aromatic heterocycles. The number of hydrogen-bond acceptors (Lipinski definition) is 6. The minimum atomic E-state index is -3.74. The van der Waals surface area contributed by atoms with Gasteiger partial charge >= 0.3 is 0 Å². The smallest absolute Gasteiger partial charge is 0.263 e. The van der Waals surface area contributed by atoms with E-state index >= 15 is 0 Å². The normalized spacial score (nSPS) is 17.3. The molecule has 1 fully saturated rings. The Balaban J connectivity index is 1.25. The lowest BCUT2D eigenvalue weighted by molar-refractivity contribution is -0.117. The molecule has 0 aliphatic heterocycles. The fourth-order valence-corrected chi connectivity index (χ4v) is 5.04. The van der Waals surface area contributed by atoms with Crippen molar-refractivity contribution < 1.29 is 18.3 Å². The van der Waals surface area contributed by atoms with E-state index in [-0.39, 0.29) is 35.1 Å². The number of fused-ring (bicyclic) bond motifs is 1. The van der Waals surface area contributed by atoms with Gasteiger partial charge in [-0.3, -0.25) is 14.5 Å². The first kappa shape index (κ1) is 22.0. The molecule has 1 aliphatic rings. The quantitative estimate of drug-likeness (QED) is 0.376. The Kier molecular flexibility index (Phi) is 5.72. The molecular weight excluding hydrogens is 452 g/mol. The number of rotatable bonds is 7. The van der Waals surface area contributed by atoms with E-state index in [4.69, 9.17) is 0 Å². The monoisotopic (exact) mass is 474 g/mol. The molecular formula is C25H22N4O4S. The van der Waals surface area contributed by atoms with Crippen LogP contribution in [0.4, 0.5) is 11.5 Å². The van der Waals surface area contributed by atoms with Gasteiger partial charge in [0.2, 0.25) is 5.91 Å². The lowest BCUT2D eigenvalue weighted by atomic mass is 10.1. The van der Waals surface area contributed by atoms with Crippen molar-refractivity contribution in [3.05, 3.63) is 90.4 Å². The van der Waals surface area contributed by atoms with Crippen LogP contribution in [-0.2, 0) is 21.4 Å². The molecule has 1 saturated carbocycles. The number of sulfonamides is 1. The van der Waals surface area contributed by atoms with Crippen molar-refractivity contribution in [2.45, 2.75) is 23.8 Å². The van der Waals surface area contributed by atoms with Gasteiger partial charge in [0, 0.05) is 41.1 Å². The number of hydrogen-bond donors (Lipinski definition) is 3. The highest BCUT2D eigenvalue weighted by Gasteiger charge is 2.44. The Morgan fingerprint density at radius 2 is 1.88 bits per heavy atom. The Bertz CT molecular complexity index is 1460. The third-order valence-corrected chi connectivity index (χ3v) is 7.30. The van der Waals surface area contributed by atoms with Crippen molar-refractivity contribution >= 4 is 38.2 Å². The molecule has 0 spiro atoms. The molecule has 1 unspecified atom stereocenters. The zero-order chi connectivity index (χ0) is 23.7. The van der Waals surface area contributed by atoms with Crippen LogP contribution in [0.25, 0.3) is 10.8 Å². The van der Waals surface area contributed by atoms with Gasteiger partial charge in [-0.25, -0.2) is 13.4 Å². The summed E-state index contributed by atoms with van der Waals surface area (Å²) in [6.07, 6.45) is 5.54. The molecule has 2 aromatic carbocycles. The van der Waals surface area contributed by atoms with E-state index in [1.165, 1.54) is 6.20 Å². The zero-order valence-corrected chi connectivity index (χ0v) is 18.9. The number of nitrogens with zero attached hydrogens (tertiary/aromatic N) is 2. The van der Waals surface area contributed by atoms with Crippen LogP contribution < -0.4 is 10.0 Å². The molecule has 5 rings (SSSR count). The van der Waals surface area contributed by atoms with Crippen LogP contribution in [0.2, 0.25) is 0 Å². The number of pyridine rings is 2. The summed E-state index contributed by atoms with van der Waals surface area (Å²) >= 11 is 0. The van der Waals surface area contributed by atoms with Crippen LogP contribution in [-0.4, -0.2) is 29.4 Å². The molecule has 8 nitrogen and oxygen atoms in total. The molecule has 0 bridgehead atoms. The van der Waals surface area contributed by atoms with E-state index in [0.29, 0.717) is 17.7 Å². The first-order valence-corrected chi connectivity index (χ1v) is 12.2. The summed E-state index contributed by atoms with van der Waals surface area (Å²) in [4.78, 5) is 21.0. The van der Waals surface area contributed by atoms with E-state index in [1.807, 2.05) is 18.2 Å². The number of carbonyl (C=O) groups is 1. The molecule has 0 saturated heterocycles. The first-order chi connectivity index (χ1) is 16.4. The topological polar surface area (TPSA) is 121 Å². The summed E-state index contributed by atoms with van der Waals surface area (Å²) in [6, 6.07) is 17.1. The molecule has 4 aromatic rings. The number of aromatic nitrogens is 2. The highest BCUT2D eigenvalue weighted by atomic mass is 32.2. The average molecular weight is 475 g/mol. The maximum Gasteiger partial charge on any atom is 0.263 e. The van der Waals surface area contributed by atoms with Crippen molar-refractivity contribution in [2.24, 2.45) is 5.92 Å². The number of anilines is 2. The largest absolute Gasteiger partial charge is 0.392 e. The van der Waals surface area contributed by atoms with Crippen LogP contribution in [0.1, 0.15) is 23.5 Å². The van der Waals surface area contributed by atoms with E-state index in [0.717, 1.165) is 16.3 Å². The first-order valence-electron chi connectivity index (χ1n) is 10.8. The van der Waals surface area contributed by atoms with E-state index < -0.39 is 10.0 Å². The summed E-state index contributed by atoms with van der Waals surface area (Å²) in [5, 5.41) is 14.2. The Hall–Kier alpha value is -3.82. The van der Waals surface area contributed by atoms with Crippen LogP contribution in [0.3, 0.4) is 0 Å². The number of nitrogens with one attached hydrogen (secondary N) is 2. The predicted octanol–water partition coefficient (Wildman–Crippen LogP) is 3.67. The number of benzene rings is 2. The number of aliphatic hydroxyl groups is 1. The van der Waals surface area contributed by atoms with Gasteiger partial charge in [0.25, 0.3) is 10.0 Å². The maximum atomic E-state index is 12.8. The molecule has 2 atom stereocenters. The van der Waals surface area contributed by atoms with Crippen molar-refractivity contribution in [3.8, 4) is 0 Å². The van der Waals surface area contributed by atoms with Gasteiger partial charge in [-0.05, 0) is 59.7 Å². The van der Waals surface area contributed by atoms with Gasteiger partial charge in [0.1, 0.15) is 5.82 Å². The van der Waals surface area contributed by atoms with Crippen LogP contribution >= 0.6 is 0 Å². The van der Waals surface area contributed by atoms with Crippen LogP contribution in [0, 0.1) is 5.92 Å². The highest BCUT2D eigenvalue weighted by Crippen LogP contribution is 2.48. The molecule has 34 heavy (non-hydrogen) atoms. The van der Waals surface area contributed by atoms with Crippen molar-refractivity contribution in [1.82, 2.24) is 9.97 Å². The molecule has 1 aliphatic carbocycles. The second kappa shape index (κ2) is 8.85. The van der Waals surface area contributed by atoms with E-state index in [9.17, 15) is 18.3 Å². The summed E-state index contributed by atoms with van der Waals surface area (Å²) in [7, 11) is -3.74. The summed E-state index contributed by atoms with van der Waals surface area (Å²) in [5.41, 5.74) is 2.28. The van der Waals surface area contributed by atoms with E-state index in [1.54, 1.807) is 54.9 Å². The predicted molar refractivity (Wildman–Crippen MR) is 129 cm³/mol. The number of amides is 1. The summed E-state index contributed by atoms with van der Waals surface area (Å²) in [6.45, 7) is -0.129. The molecule has 0 radical (unpaired) electrons. The zero-order valence-electron chi connectivity index (χ0n) is 18.0. The molecule has 2 heterocycles.